The van der Waals surface area contributed by atoms with Crippen LogP contribution in [0.4, 0.5) is 0 Å². The van der Waals surface area contributed by atoms with Crippen molar-refractivity contribution in [3.63, 3.8) is 0 Å². The molecule has 2 rings (SSSR count). The molecule has 0 spiro atoms. The molecule has 0 aliphatic rings. The van der Waals surface area contributed by atoms with Gasteiger partial charge in [-0.3, -0.25) is 4.79 Å². The Morgan fingerprint density at radius 3 is 1.81 bits per heavy atom. The van der Waals surface area contributed by atoms with Crippen LogP contribution in [0.5, 0.6) is 28.7 Å². The van der Waals surface area contributed by atoms with Gasteiger partial charge in [0.05, 0.1) is 46.7 Å². The van der Waals surface area contributed by atoms with E-state index in [9.17, 15) is 4.79 Å². The van der Waals surface area contributed by atoms with Crippen molar-refractivity contribution in [1.82, 2.24) is 0 Å². The molecule has 2 aromatic carbocycles. The molecule has 26 heavy (non-hydrogen) atoms. The van der Waals surface area contributed by atoms with Gasteiger partial charge < -0.3 is 23.7 Å². The Kier molecular flexibility index (Phi) is 6.49. The maximum absolute atomic E-state index is 12.7. The van der Waals surface area contributed by atoms with Gasteiger partial charge in [0.25, 0.3) is 0 Å². The summed E-state index contributed by atoms with van der Waals surface area (Å²) in [6.07, 6.45) is 3.08. The fraction of sp³-hybridized carbons (Fsp3) is 0.250. The average molecular weight is 358 g/mol. The van der Waals surface area contributed by atoms with Crippen molar-refractivity contribution in [2.24, 2.45) is 0 Å². The van der Waals surface area contributed by atoms with E-state index in [4.69, 9.17) is 23.7 Å². The Morgan fingerprint density at radius 1 is 0.731 bits per heavy atom. The van der Waals surface area contributed by atoms with Gasteiger partial charge in [0.1, 0.15) is 11.5 Å². The van der Waals surface area contributed by atoms with Crippen molar-refractivity contribution < 1.29 is 28.5 Å². The number of rotatable bonds is 8. The molecule has 0 fully saturated rings. The Morgan fingerprint density at radius 2 is 1.31 bits per heavy atom. The quantitative estimate of drug-likeness (QED) is 0.530. The highest BCUT2D eigenvalue weighted by Crippen LogP contribution is 2.40. The molecule has 138 valence electrons. The minimum absolute atomic E-state index is 0.254. The maximum Gasteiger partial charge on any atom is 0.204 e. The summed E-state index contributed by atoms with van der Waals surface area (Å²) in [5, 5.41) is 0. The topological polar surface area (TPSA) is 63.2 Å². The summed E-state index contributed by atoms with van der Waals surface area (Å²) in [5.41, 5.74) is 1.03. The van der Waals surface area contributed by atoms with Crippen LogP contribution in [0.25, 0.3) is 6.08 Å². The molecule has 0 radical (unpaired) electrons. The standard InChI is InChI=1S/C20H22O6/c1-22-16-7-6-8-17(23-2)14(16)9-11-15(21)13-10-12-18(24-3)20(26-5)19(13)25-4/h6-12H,1-5H3. The van der Waals surface area contributed by atoms with Crippen molar-refractivity contribution >= 4 is 11.9 Å². The van der Waals surface area contributed by atoms with Crippen molar-refractivity contribution in [2.75, 3.05) is 35.5 Å². The first-order chi connectivity index (χ1) is 12.6. The predicted octanol–water partition coefficient (Wildman–Crippen LogP) is 3.63. The molecule has 0 saturated heterocycles. The van der Waals surface area contributed by atoms with Crippen LogP contribution < -0.4 is 23.7 Å². The zero-order valence-corrected chi connectivity index (χ0v) is 15.5. The van der Waals surface area contributed by atoms with Crippen LogP contribution in [0.15, 0.2) is 36.4 Å². The third-order valence-electron chi connectivity index (χ3n) is 3.84. The van der Waals surface area contributed by atoms with Gasteiger partial charge in [0.2, 0.25) is 5.75 Å². The largest absolute Gasteiger partial charge is 0.496 e. The number of carbonyl (C=O) groups is 1. The summed E-state index contributed by atoms with van der Waals surface area (Å²) in [6.45, 7) is 0. The molecule has 0 unspecified atom stereocenters. The van der Waals surface area contributed by atoms with Gasteiger partial charge in [-0.05, 0) is 36.4 Å². The summed E-state index contributed by atoms with van der Waals surface area (Å²) >= 11 is 0. The van der Waals surface area contributed by atoms with E-state index in [1.807, 2.05) is 6.07 Å². The van der Waals surface area contributed by atoms with E-state index in [1.165, 1.54) is 27.4 Å². The summed E-state index contributed by atoms with van der Waals surface area (Å²) in [5.74, 6) is 2.12. The Balaban J connectivity index is 2.44. The number of allylic oxidation sites excluding steroid dienone is 1. The summed E-state index contributed by atoms with van der Waals surface area (Å²) < 4.78 is 26.6. The molecule has 0 atom stereocenters. The monoisotopic (exact) mass is 358 g/mol. The third-order valence-corrected chi connectivity index (χ3v) is 3.84. The van der Waals surface area contributed by atoms with E-state index >= 15 is 0 Å². The second-order valence-corrected chi connectivity index (χ2v) is 5.16. The van der Waals surface area contributed by atoms with Crippen molar-refractivity contribution in [3.05, 3.63) is 47.5 Å². The highest BCUT2D eigenvalue weighted by atomic mass is 16.5. The lowest BCUT2D eigenvalue weighted by Gasteiger charge is -2.14. The number of ketones is 1. The van der Waals surface area contributed by atoms with E-state index < -0.39 is 0 Å². The Bertz CT molecular complexity index is 788. The smallest absolute Gasteiger partial charge is 0.204 e. The molecule has 0 aliphatic carbocycles. The van der Waals surface area contributed by atoms with Crippen LogP contribution in [-0.2, 0) is 0 Å². The maximum atomic E-state index is 12.7. The molecular formula is C20H22O6. The first-order valence-corrected chi connectivity index (χ1v) is 7.83. The van der Waals surface area contributed by atoms with E-state index in [0.29, 0.717) is 39.9 Å². The van der Waals surface area contributed by atoms with Gasteiger partial charge in [-0.1, -0.05) is 6.07 Å². The molecule has 0 aromatic heterocycles. The Hall–Kier alpha value is -3.15. The van der Waals surface area contributed by atoms with Gasteiger partial charge in [-0.15, -0.1) is 0 Å². The highest BCUT2D eigenvalue weighted by Gasteiger charge is 2.19. The molecule has 2 aromatic rings. The van der Waals surface area contributed by atoms with Crippen molar-refractivity contribution in [3.8, 4) is 28.7 Å². The summed E-state index contributed by atoms with van der Waals surface area (Å²) in [7, 11) is 7.61. The van der Waals surface area contributed by atoms with Crippen LogP contribution in [0.1, 0.15) is 15.9 Å². The van der Waals surface area contributed by atoms with E-state index in [-0.39, 0.29) is 5.78 Å². The first kappa shape index (κ1) is 19.2. The number of methoxy groups -OCH3 is 5. The van der Waals surface area contributed by atoms with Gasteiger partial charge in [0, 0.05) is 0 Å². The van der Waals surface area contributed by atoms with Gasteiger partial charge in [-0.25, -0.2) is 0 Å². The highest BCUT2D eigenvalue weighted by molar-refractivity contribution is 6.09. The SMILES string of the molecule is COc1cccc(OC)c1C=CC(=O)c1ccc(OC)c(OC)c1OC. The third kappa shape index (κ3) is 3.74. The summed E-state index contributed by atoms with van der Waals surface area (Å²) in [6, 6.07) is 8.69. The van der Waals surface area contributed by atoms with Crippen LogP contribution in [0.2, 0.25) is 0 Å². The van der Waals surface area contributed by atoms with E-state index in [1.54, 1.807) is 44.6 Å². The second kappa shape index (κ2) is 8.80. The van der Waals surface area contributed by atoms with Gasteiger partial charge >= 0.3 is 0 Å². The second-order valence-electron chi connectivity index (χ2n) is 5.16. The average Bonchev–Trinajstić information content (AvgIpc) is 2.69. The Labute approximate surface area is 152 Å². The molecule has 0 amide bonds. The molecule has 0 saturated carbocycles. The molecule has 0 aliphatic heterocycles. The first-order valence-electron chi connectivity index (χ1n) is 7.83. The number of carbonyl (C=O) groups excluding carboxylic acids is 1. The fourth-order valence-electron chi connectivity index (χ4n) is 2.59. The van der Waals surface area contributed by atoms with Crippen LogP contribution in [0, 0.1) is 0 Å². The van der Waals surface area contributed by atoms with Crippen LogP contribution >= 0.6 is 0 Å². The van der Waals surface area contributed by atoms with Gasteiger partial charge in [0.15, 0.2) is 17.3 Å². The van der Waals surface area contributed by atoms with E-state index in [2.05, 4.69) is 0 Å². The minimum Gasteiger partial charge on any atom is -0.496 e. The predicted molar refractivity (Wildman–Crippen MR) is 99.0 cm³/mol. The van der Waals surface area contributed by atoms with Crippen molar-refractivity contribution in [2.45, 2.75) is 0 Å². The lowest BCUT2D eigenvalue weighted by molar-refractivity contribution is 0.104. The van der Waals surface area contributed by atoms with Crippen LogP contribution in [0.3, 0.4) is 0 Å². The fourth-order valence-corrected chi connectivity index (χ4v) is 2.59. The number of hydrogen-bond acceptors (Lipinski definition) is 6. The number of benzene rings is 2. The van der Waals surface area contributed by atoms with Crippen LogP contribution in [-0.4, -0.2) is 41.3 Å². The van der Waals surface area contributed by atoms with E-state index in [0.717, 1.165) is 0 Å². The molecule has 0 heterocycles. The zero-order chi connectivity index (χ0) is 19.1. The minimum atomic E-state index is -0.254. The van der Waals surface area contributed by atoms with Gasteiger partial charge in [-0.2, -0.15) is 0 Å². The molecule has 6 nitrogen and oxygen atoms in total. The van der Waals surface area contributed by atoms with Crippen molar-refractivity contribution in [1.29, 1.82) is 0 Å². The normalized spacial score (nSPS) is 10.5. The lowest BCUT2D eigenvalue weighted by Crippen LogP contribution is -2.03. The lowest BCUT2D eigenvalue weighted by atomic mass is 10.1. The molecular weight excluding hydrogens is 336 g/mol. The molecule has 0 N–H and O–H groups in total. The zero-order valence-electron chi connectivity index (χ0n) is 15.5. The number of ether oxygens (including phenoxy) is 5. The molecule has 6 heteroatoms. The number of hydrogen-bond donors (Lipinski definition) is 0. The molecule has 0 bridgehead atoms. The summed E-state index contributed by atoms with van der Waals surface area (Å²) in [4.78, 5) is 12.7.